The zero-order valence-electron chi connectivity index (χ0n) is 12.3. The molecule has 0 aromatic rings. The van der Waals surface area contributed by atoms with Crippen LogP contribution in [-0.2, 0) is 9.53 Å². The van der Waals surface area contributed by atoms with Gasteiger partial charge in [-0.15, -0.1) is 0 Å². The molecule has 2 atom stereocenters. The van der Waals surface area contributed by atoms with Crippen LogP contribution in [0.4, 0.5) is 4.79 Å². The van der Waals surface area contributed by atoms with Gasteiger partial charge in [-0.1, -0.05) is 0 Å². The Morgan fingerprint density at radius 1 is 1.10 bits per heavy atom. The third kappa shape index (κ3) is 3.15. The summed E-state index contributed by atoms with van der Waals surface area (Å²) in [6, 6.07) is 0.360. The van der Waals surface area contributed by atoms with E-state index in [2.05, 4.69) is 5.32 Å². The molecule has 0 aromatic heterocycles. The average Bonchev–Trinajstić information content (AvgIpc) is 2.96. The van der Waals surface area contributed by atoms with Gasteiger partial charge in [0, 0.05) is 12.6 Å². The van der Waals surface area contributed by atoms with E-state index < -0.39 is 5.97 Å². The van der Waals surface area contributed by atoms with Crippen molar-refractivity contribution in [3.8, 4) is 0 Å². The first-order valence-corrected chi connectivity index (χ1v) is 8.06. The number of hydrogen-bond acceptors (Lipinski definition) is 3. The van der Waals surface area contributed by atoms with E-state index in [0.29, 0.717) is 26.0 Å². The minimum Gasteiger partial charge on any atom is -0.481 e. The Labute approximate surface area is 124 Å². The van der Waals surface area contributed by atoms with Crippen LogP contribution in [0.15, 0.2) is 0 Å². The van der Waals surface area contributed by atoms with Crippen molar-refractivity contribution in [2.75, 3.05) is 13.2 Å². The summed E-state index contributed by atoms with van der Waals surface area (Å²) in [4.78, 5) is 25.3. The Balaban J connectivity index is 1.51. The zero-order chi connectivity index (χ0) is 14.8. The van der Waals surface area contributed by atoms with Crippen LogP contribution < -0.4 is 5.32 Å². The maximum Gasteiger partial charge on any atom is 0.318 e. The van der Waals surface area contributed by atoms with Gasteiger partial charge in [0.1, 0.15) is 0 Å². The summed E-state index contributed by atoms with van der Waals surface area (Å²) >= 11 is 0. The quantitative estimate of drug-likeness (QED) is 0.811. The Morgan fingerprint density at radius 3 is 2.57 bits per heavy atom. The first kappa shape index (κ1) is 14.6. The molecule has 1 heterocycles. The summed E-state index contributed by atoms with van der Waals surface area (Å²) in [6.07, 6.45) is 6.28. The van der Waals surface area contributed by atoms with Crippen LogP contribution in [0.5, 0.6) is 0 Å². The largest absolute Gasteiger partial charge is 0.481 e. The minimum atomic E-state index is -0.707. The molecule has 118 valence electrons. The topological polar surface area (TPSA) is 78.9 Å². The summed E-state index contributed by atoms with van der Waals surface area (Å²) in [5.74, 6) is -0.942. The second-order valence-corrected chi connectivity index (χ2v) is 6.44. The van der Waals surface area contributed by atoms with Crippen LogP contribution in [0.25, 0.3) is 0 Å². The minimum absolute atomic E-state index is 0.00831. The monoisotopic (exact) mass is 296 g/mol. The van der Waals surface area contributed by atoms with E-state index in [1.165, 1.54) is 0 Å². The van der Waals surface area contributed by atoms with Gasteiger partial charge in [-0.05, 0) is 44.9 Å². The van der Waals surface area contributed by atoms with Crippen molar-refractivity contribution in [3.05, 3.63) is 0 Å². The number of carboxylic acids is 1. The van der Waals surface area contributed by atoms with Gasteiger partial charge in [0.05, 0.1) is 24.7 Å². The molecule has 0 radical (unpaired) electrons. The van der Waals surface area contributed by atoms with E-state index in [1.54, 1.807) is 0 Å². The molecule has 2 saturated carbocycles. The number of urea groups is 1. The summed E-state index contributed by atoms with van der Waals surface area (Å²) in [6.45, 7) is 1.29. The lowest BCUT2D eigenvalue weighted by Crippen LogP contribution is -2.56. The fourth-order valence-corrected chi connectivity index (χ4v) is 3.92. The Morgan fingerprint density at radius 2 is 1.86 bits per heavy atom. The number of hydrogen-bond donors (Lipinski definition) is 2. The first-order valence-electron chi connectivity index (χ1n) is 8.06. The molecule has 2 N–H and O–H groups in total. The molecule has 1 aliphatic heterocycles. The molecule has 3 rings (SSSR count). The standard InChI is InChI=1S/C15H24N2O4/c18-14(19)10-4-6-11(7-5-10)16-15(20)17-8-9-21-13-3-1-2-12(13)17/h10-13H,1-9H2,(H,16,20)(H,18,19). The normalized spacial score (nSPS) is 36.1. The number of aliphatic carboxylic acids is 1. The maximum absolute atomic E-state index is 12.5. The van der Waals surface area contributed by atoms with E-state index in [0.717, 1.165) is 32.1 Å². The SMILES string of the molecule is O=C(O)C1CCC(NC(=O)N2CCOC3CCCC32)CC1. The molecule has 6 heteroatoms. The molecule has 2 aliphatic carbocycles. The summed E-state index contributed by atoms with van der Waals surface area (Å²) in [5.41, 5.74) is 0. The van der Waals surface area contributed by atoms with Crippen LogP contribution in [0.2, 0.25) is 0 Å². The highest BCUT2D eigenvalue weighted by Crippen LogP contribution is 2.30. The van der Waals surface area contributed by atoms with Crippen molar-refractivity contribution in [1.29, 1.82) is 0 Å². The van der Waals surface area contributed by atoms with Crippen molar-refractivity contribution in [2.24, 2.45) is 5.92 Å². The highest BCUT2D eigenvalue weighted by Gasteiger charge is 2.39. The van der Waals surface area contributed by atoms with Crippen LogP contribution in [0, 0.1) is 5.92 Å². The molecule has 2 amide bonds. The van der Waals surface area contributed by atoms with Gasteiger partial charge in [0.25, 0.3) is 0 Å². The highest BCUT2D eigenvalue weighted by atomic mass is 16.5. The maximum atomic E-state index is 12.5. The smallest absolute Gasteiger partial charge is 0.318 e. The van der Waals surface area contributed by atoms with Gasteiger partial charge < -0.3 is 20.1 Å². The van der Waals surface area contributed by atoms with Crippen molar-refractivity contribution in [3.63, 3.8) is 0 Å². The Kier molecular flexibility index (Phi) is 4.33. The number of morpholine rings is 1. The predicted molar refractivity (Wildman–Crippen MR) is 76.0 cm³/mol. The van der Waals surface area contributed by atoms with Gasteiger partial charge in [-0.3, -0.25) is 4.79 Å². The molecule has 1 saturated heterocycles. The number of carbonyl (C=O) groups excluding carboxylic acids is 1. The zero-order valence-corrected chi connectivity index (χ0v) is 12.3. The number of rotatable bonds is 2. The first-order chi connectivity index (χ1) is 10.1. The third-order valence-electron chi connectivity index (χ3n) is 5.15. The second kappa shape index (κ2) is 6.22. The van der Waals surface area contributed by atoms with E-state index in [4.69, 9.17) is 9.84 Å². The van der Waals surface area contributed by atoms with E-state index in [-0.39, 0.29) is 30.1 Å². The van der Waals surface area contributed by atoms with Crippen LogP contribution in [0.1, 0.15) is 44.9 Å². The number of fused-ring (bicyclic) bond motifs is 1. The number of carbonyl (C=O) groups is 2. The molecular weight excluding hydrogens is 272 g/mol. The fourth-order valence-electron chi connectivity index (χ4n) is 3.92. The summed E-state index contributed by atoms with van der Waals surface area (Å²) in [5, 5.41) is 12.1. The second-order valence-electron chi connectivity index (χ2n) is 6.44. The van der Waals surface area contributed by atoms with Crippen molar-refractivity contribution >= 4 is 12.0 Å². The van der Waals surface area contributed by atoms with E-state index >= 15 is 0 Å². The summed E-state index contributed by atoms with van der Waals surface area (Å²) in [7, 11) is 0. The molecule has 0 aromatic carbocycles. The molecule has 3 fully saturated rings. The lowest BCUT2D eigenvalue weighted by molar-refractivity contribution is -0.142. The summed E-state index contributed by atoms with van der Waals surface area (Å²) < 4.78 is 5.73. The number of amides is 2. The van der Waals surface area contributed by atoms with Crippen molar-refractivity contribution in [1.82, 2.24) is 10.2 Å². The van der Waals surface area contributed by atoms with Crippen LogP contribution in [-0.4, -0.2) is 53.3 Å². The molecule has 0 bridgehead atoms. The molecular formula is C15H24N2O4. The molecule has 0 spiro atoms. The van der Waals surface area contributed by atoms with E-state index in [9.17, 15) is 9.59 Å². The average molecular weight is 296 g/mol. The van der Waals surface area contributed by atoms with Gasteiger partial charge in [-0.2, -0.15) is 0 Å². The van der Waals surface area contributed by atoms with Gasteiger partial charge in [0.2, 0.25) is 0 Å². The lowest BCUT2D eigenvalue weighted by Gasteiger charge is -2.39. The lowest BCUT2D eigenvalue weighted by atomic mass is 9.86. The van der Waals surface area contributed by atoms with E-state index in [1.807, 2.05) is 4.90 Å². The van der Waals surface area contributed by atoms with Crippen molar-refractivity contribution < 1.29 is 19.4 Å². The van der Waals surface area contributed by atoms with Gasteiger partial charge >= 0.3 is 12.0 Å². The third-order valence-corrected chi connectivity index (χ3v) is 5.15. The number of nitrogens with one attached hydrogen (secondary N) is 1. The predicted octanol–water partition coefficient (Wildman–Crippen LogP) is 1.59. The van der Waals surface area contributed by atoms with Gasteiger partial charge in [-0.25, -0.2) is 4.79 Å². The fraction of sp³-hybridized carbons (Fsp3) is 0.867. The number of nitrogens with zero attached hydrogens (tertiary/aromatic N) is 1. The van der Waals surface area contributed by atoms with Crippen molar-refractivity contribution in [2.45, 2.75) is 63.1 Å². The van der Waals surface area contributed by atoms with Crippen LogP contribution in [0.3, 0.4) is 0 Å². The highest BCUT2D eigenvalue weighted by molar-refractivity contribution is 5.75. The Bertz CT molecular complexity index is 406. The van der Waals surface area contributed by atoms with Crippen LogP contribution >= 0.6 is 0 Å². The Hall–Kier alpha value is -1.30. The molecule has 21 heavy (non-hydrogen) atoms. The number of carboxylic acid groups (broad SMARTS) is 1. The molecule has 6 nitrogen and oxygen atoms in total. The number of ether oxygens (including phenoxy) is 1. The molecule has 3 aliphatic rings. The van der Waals surface area contributed by atoms with Gasteiger partial charge in [0.15, 0.2) is 0 Å². The molecule has 2 unspecified atom stereocenters.